The second kappa shape index (κ2) is 11.9. The maximum Gasteiger partial charge on any atom is 0.0113 e. The molecular weight excluding hydrogens is 210 g/mol. The van der Waals surface area contributed by atoms with Crippen LogP contribution in [0.5, 0.6) is 0 Å². The lowest BCUT2D eigenvalue weighted by Gasteiger charge is -2.08. The Morgan fingerprint density at radius 2 is 1.00 bits per heavy atom. The van der Waals surface area contributed by atoms with Gasteiger partial charge in [-0.25, -0.2) is 10.9 Å². The van der Waals surface area contributed by atoms with Crippen LogP contribution in [-0.4, -0.2) is 13.1 Å². The molecule has 0 saturated heterocycles. The van der Waals surface area contributed by atoms with Crippen LogP contribution in [0.15, 0.2) is 0 Å². The number of hydrogen-bond acceptors (Lipinski definition) is 3. The van der Waals surface area contributed by atoms with Gasteiger partial charge in [-0.2, -0.15) is 5.53 Å². The highest BCUT2D eigenvalue weighted by Crippen LogP contribution is 2.04. The lowest BCUT2D eigenvalue weighted by atomic mass is 10.1. The van der Waals surface area contributed by atoms with Crippen LogP contribution in [0.1, 0.15) is 64.2 Å². The predicted octanol–water partition coefficient (Wildman–Crippen LogP) is 2.50. The fraction of sp³-hybridized carbons (Fsp3) is 0.857. The molecule has 1 aliphatic heterocycles. The van der Waals surface area contributed by atoms with E-state index in [1.165, 1.54) is 51.4 Å². The SMILES string of the molecule is C1#CCCCCCNNNCCCCCCC1. The van der Waals surface area contributed by atoms with Crippen LogP contribution in [0.4, 0.5) is 0 Å². The van der Waals surface area contributed by atoms with E-state index in [2.05, 4.69) is 28.2 Å². The van der Waals surface area contributed by atoms with Crippen molar-refractivity contribution in [3.05, 3.63) is 0 Å². The van der Waals surface area contributed by atoms with Gasteiger partial charge in [-0.1, -0.05) is 25.7 Å². The van der Waals surface area contributed by atoms with Gasteiger partial charge in [0.1, 0.15) is 0 Å². The molecule has 17 heavy (non-hydrogen) atoms. The van der Waals surface area contributed by atoms with Gasteiger partial charge in [-0.3, -0.25) is 0 Å². The van der Waals surface area contributed by atoms with E-state index in [1.54, 1.807) is 0 Å². The van der Waals surface area contributed by atoms with Crippen LogP contribution in [0.3, 0.4) is 0 Å². The van der Waals surface area contributed by atoms with Crippen molar-refractivity contribution in [3.63, 3.8) is 0 Å². The van der Waals surface area contributed by atoms with Gasteiger partial charge in [0.2, 0.25) is 0 Å². The summed E-state index contributed by atoms with van der Waals surface area (Å²) in [6.07, 6.45) is 12.4. The lowest BCUT2D eigenvalue weighted by molar-refractivity contribution is 0.416. The summed E-state index contributed by atoms with van der Waals surface area (Å²) in [5.41, 5.74) is 9.43. The molecule has 0 atom stereocenters. The molecule has 0 fully saturated rings. The maximum absolute atomic E-state index is 3.29. The highest BCUT2D eigenvalue weighted by molar-refractivity contribution is 4.98. The molecule has 0 amide bonds. The van der Waals surface area contributed by atoms with Gasteiger partial charge >= 0.3 is 0 Å². The Labute approximate surface area is 106 Å². The molecule has 1 rings (SSSR count). The van der Waals surface area contributed by atoms with E-state index in [1.807, 2.05) is 0 Å². The minimum absolute atomic E-state index is 1.03. The molecule has 3 heteroatoms. The van der Waals surface area contributed by atoms with Gasteiger partial charge in [0, 0.05) is 25.9 Å². The zero-order valence-electron chi connectivity index (χ0n) is 11.0. The van der Waals surface area contributed by atoms with Crippen molar-refractivity contribution in [1.82, 2.24) is 16.4 Å². The van der Waals surface area contributed by atoms with E-state index in [4.69, 9.17) is 0 Å². The predicted molar refractivity (Wildman–Crippen MR) is 73.1 cm³/mol. The molecule has 0 radical (unpaired) electrons. The Bertz CT molecular complexity index is 197. The summed E-state index contributed by atoms with van der Waals surface area (Å²) < 4.78 is 0. The zero-order chi connectivity index (χ0) is 12.0. The number of rotatable bonds is 0. The van der Waals surface area contributed by atoms with E-state index in [9.17, 15) is 0 Å². The summed E-state index contributed by atoms with van der Waals surface area (Å²) in [6.45, 7) is 2.08. The van der Waals surface area contributed by atoms with Crippen molar-refractivity contribution >= 4 is 0 Å². The first kappa shape index (κ1) is 14.5. The zero-order valence-corrected chi connectivity index (χ0v) is 11.0. The van der Waals surface area contributed by atoms with Crippen LogP contribution in [0, 0.1) is 11.8 Å². The fourth-order valence-corrected chi connectivity index (χ4v) is 1.92. The van der Waals surface area contributed by atoms with E-state index in [0.717, 1.165) is 25.9 Å². The second-order valence-electron chi connectivity index (χ2n) is 4.66. The van der Waals surface area contributed by atoms with Crippen molar-refractivity contribution in [2.45, 2.75) is 64.2 Å². The maximum atomic E-state index is 3.29. The summed E-state index contributed by atoms with van der Waals surface area (Å²) in [5.74, 6) is 6.57. The minimum atomic E-state index is 1.03. The molecule has 98 valence electrons. The van der Waals surface area contributed by atoms with Gasteiger partial charge < -0.3 is 0 Å². The van der Waals surface area contributed by atoms with Crippen molar-refractivity contribution in [1.29, 1.82) is 0 Å². The van der Waals surface area contributed by atoms with Crippen molar-refractivity contribution < 1.29 is 0 Å². The molecule has 0 aromatic carbocycles. The summed E-state index contributed by atoms with van der Waals surface area (Å²) in [7, 11) is 0. The van der Waals surface area contributed by atoms with Crippen molar-refractivity contribution in [2.75, 3.05) is 13.1 Å². The molecule has 3 nitrogen and oxygen atoms in total. The van der Waals surface area contributed by atoms with E-state index < -0.39 is 0 Å². The third kappa shape index (κ3) is 10.3. The monoisotopic (exact) mass is 237 g/mol. The molecular formula is C14H27N3. The highest BCUT2D eigenvalue weighted by atomic mass is 15.6. The third-order valence-corrected chi connectivity index (χ3v) is 3.01. The second-order valence-corrected chi connectivity index (χ2v) is 4.66. The molecule has 0 aliphatic carbocycles. The first-order chi connectivity index (χ1) is 8.50. The number of nitrogens with one attached hydrogen (secondary N) is 3. The normalized spacial score (nSPS) is 22.1. The molecule has 0 unspecified atom stereocenters. The van der Waals surface area contributed by atoms with Gasteiger partial charge in [0.25, 0.3) is 0 Å². The third-order valence-electron chi connectivity index (χ3n) is 3.01. The van der Waals surface area contributed by atoms with Crippen LogP contribution in [-0.2, 0) is 0 Å². The average molecular weight is 237 g/mol. The molecule has 0 saturated carbocycles. The summed E-state index contributed by atoms with van der Waals surface area (Å²) in [5, 5.41) is 0. The largest absolute Gasteiger partial charge is 0.244 e. The van der Waals surface area contributed by atoms with Crippen LogP contribution in [0.25, 0.3) is 0 Å². The lowest BCUT2D eigenvalue weighted by Crippen LogP contribution is -2.44. The molecule has 0 aromatic heterocycles. The standard InChI is InChI=1S/C14H27N3/c1-2-4-6-8-10-12-14-16-17-15-13-11-9-7-5-3-1/h15-17H,1,3,5-14H2. The van der Waals surface area contributed by atoms with E-state index >= 15 is 0 Å². The Morgan fingerprint density at radius 1 is 0.529 bits per heavy atom. The molecule has 1 aliphatic rings. The van der Waals surface area contributed by atoms with Crippen molar-refractivity contribution in [3.8, 4) is 11.8 Å². The highest BCUT2D eigenvalue weighted by Gasteiger charge is 1.92. The topological polar surface area (TPSA) is 36.1 Å². The first-order valence-electron chi connectivity index (χ1n) is 7.16. The fourth-order valence-electron chi connectivity index (χ4n) is 1.92. The molecule has 1 heterocycles. The van der Waals surface area contributed by atoms with Gasteiger partial charge in [-0.05, 0) is 25.7 Å². The Balaban J connectivity index is 2.09. The minimum Gasteiger partial charge on any atom is -0.244 e. The summed E-state index contributed by atoms with van der Waals surface area (Å²) >= 11 is 0. The van der Waals surface area contributed by atoms with Crippen molar-refractivity contribution in [2.24, 2.45) is 0 Å². The Morgan fingerprint density at radius 3 is 1.65 bits per heavy atom. The number of hydrazine groups is 2. The Kier molecular flexibility index (Phi) is 10.2. The van der Waals surface area contributed by atoms with E-state index in [0.29, 0.717) is 0 Å². The molecule has 0 aromatic rings. The van der Waals surface area contributed by atoms with E-state index in [-0.39, 0.29) is 0 Å². The molecule has 3 N–H and O–H groups in total. The Hall–Kier alpha value is -0.560. The summed E-state index contributed by atoms with van der Waals surface area (Å²) in [4.78, 5) is 0. The molecule has 0 spiro atoms. The van der Waals surface area contributed by atoms with Crippen LogP contribution < -0.4 is 16.4 Å². The smallest absolute Gasteiger partial charge is 0.0113 e. The quantitative estimate of drug-likeness (QED) is 0.567. The number of hydrogen-bond donors (Lipinski definition) is 3. The molecule has 0 bridgehead atoms. The first-order valence-corrected chi connectivity index (χ1v) is 7.16. The van der Waals surface area contributed by atoms with Gasteiger partial charge in [-0.15, -0.1) is 11.8 Å². The average Bonchev–Trinajstić information content (AvgIpc) is 2.35. The van der Waals surface area contributed by atoms with Gasteiger partial charge in [0.15, 0.2) is 0 Å². The van der Waals surface area contributed by atoms with Gasteiger partial charge in [0.05, 0.1) is 0 Å². The summed E-state index contributed by atoms with van der Waals surface area (Å²) in [6, 6.07) is 0. The van der Waals surface area contributed by atoms with Crippen LogP contribution >= 0.6 is 0 Å². The van der Waals surface area contributed by atoms with Crippen LogP contribution in [0.2, 0.25) is 0 Å².